The molecule has 0 amide bonds. The average Bonchev–Trinajstić information content (AvgIpc) is 2.47. The van der Waals surface area contributed by atoms with Gasteiger partial charge in [0.15, 0.2) is 0 Å². The van der Waals surface area contributed by atoms with E-state index in [-0.39, 0.29) is 5.41 Å². The highest BCUT2D eigenvalue weighted by Gasteiger charge is 2.32. The Morgan fingerprint density at radius 1 is 1.20 bits per heavy atom. The molecule has 1 aliphatic rings. The van der Waals surface area contributed by atoms with Gasteiger partial charge < -0.3 is 0 Å². The molecule has 0 bridgehead atoms. The summed E-state index contributed by atoms with van der Waals surface area (Å²) < 4.78 is 27.6. The zero-order valence-corrected chi connectivity index (χ0v) is 13.4. The Balaban J connectivity index is 2.11. The van der Waals surface area contributed by atoms with Crippen LogP contribution in [0.1, 0.15) is 37.7 Å². The Bertz CT molecular complexity index is 551. The van der Waals surface area contributed by atoms with Gasteiger partial charge in [-0.2, -0.15) is 0 Å². The van der Waals surface area contributed by atoms with Crippen LogP contribution in [0.3, 0.4) is 0 Å². The second kappa shape index (κ2) is 6.46. The zero-order valence-electron chi connectivity index (χ0n) is 11.9. The van der Waals surface area contributed by atoms with Gasteiger partial charge in [-0.1, -0.05) is 37.5 Å². The molecule has 0 atom stereocenters. The van der Waals surface area contributed by atoms with Gasteiger partial charge >= 0.3 is 0 Å². The molecule has 1 saturated carbocycles. The van der Waals surface area contributed by atoms with E-state index in [1.165, 1.54) is 6.42 Å². The molecule has 0 aliphatic heterocycles. The summed E-state index contributed by atoms with van der Waals surface area (Å²) in [6.07, 6.45) is 5.51. The van der Waals surface area contributed by atoms with Gasteiger partial charge in [-0.25, -0.2) is 13.1 Å². The Kier molecular flexibility index (Phi) is 5.10. The van der Waals surface area contributed by atoms with Gasteiger partial charge in [-0.15, -0.1) is 11.6 Å². The Labute approximate surface area is 126 Å². The highest BCUT2D eigenvalue weighted by Crippen LogP contribution is 2.37. The van der Waals surface area contributed by atoms with Crippen LogP contribution >= 0.6 is 11.6 Å². The number of aryl methyl sites for hydroxylation is 1. The highest BCUT2D eigenvalue weighted by molar-refractivity contribution is 7.89. The van der Waals surface area contributed by atoms with Crippen LogP contribution < -0.4 is 4.72 Å². The van der Waals surface area contributed by atoms with Gasteiger partial charge in [0, 0.05) is 12.4 Å². The molecule has 0 saturated heterocycles. The van der Waals surface area contributed by atoms with Gasteiger partial charge in [0.25, 0.3) is 0 Å². The minimum atomic E-state index is -3.45. The van der Waals surface area contributed by atoms with E-state index < -0.39 is 10.0 Å². The number of nitrogens with one attached hydrogen (secondary N) is 1. The van der Waals surface area contributed by atoms with E-state index in [1.807, 2.05) is 19.1 Å². The number of halogens is 1. The van der Waals surface area contributed by atoms with Crippen molar-refractivity contribution in [2.45, 2.75) is 43.9 Å². The number of hydrogen-bond acceptors (Lipinski definition) is 2. The smallest absolute Gasteiger partial charge is 0.211 e. The van der Waals surface area contributed by atoms with E-state index in [9.17, 15) is 8.42 Å². The molecule has 3 nitrogen and oxygen atoms in total. The maximum absolute atomic E-state index is 12.4. The van der Waals surface area contributed by atoms with E-state index >= 15 is 0 Å². The Hall–Kier alpha value is -0.580. The van der Waals surface area contributed by atoms with Gasteiger partial charge in [0.2, 0.25) is 10.0 Å². The molecule has 5 heteroatoms. The van der Waals surface area contributed by atoms with Crippen molar-refractivity contribution < 1.29 is 8.42 Å². The van der Waals surface area contributed by atoms with E-state index in [0.29, 0.717) is 17.3 Å². The fourth-order valence-corrected chi connectivity index (χ4v) is 4.61. The standard InChI is InChI=1S/C15H22ClNO2S/c1-13-7-3-4-8-14(13)20(18,19)17-12-15(11-16)9-5-2-6-10-15/h3-4,7-8,17H,2,5-6,9-12H2,1H3. The molecule has 112 valence electrons. The molecule has 1 aromatic rings. The van der Waals surface area contributed by atoms with E-state index in [2.05, 4.69) is 4.72 Å². The average molecular weight is 316 g/mol. The molecule has 0 heterocycles. The van der Waals surface area contributed by atoms with Gasteiger partial charge in [-0.3, -0.25) is 0 Å². The first kappa shape index (κ1) is 15.8. The van der Waals surface area contributed by atoms with Crippen molar-refractivity contribution in [3.05, 3.63) is 29.8 Å². The van der Waals surface area contributed by atoms with Crippen LogP contribution in [0.2, 0.25) is 0 Å². The van der Waals surface area contributed by atoms with Crippen molar-refractivity contribution in [3.8, 4) is 0 Å². The predicted molar refractivity (Wildman–Crippen MR) is 82.6 cm³/mol. The molecular formula is C15H22ClNO2S. The first-order chi connectivity index (χ1) is 9.49. The first-order valence-corrected chi connectivity index (χ1v) is 9.12. The molecule has 1 aliphatic carbocycles. The van der Waals surface area contributed by atoms with Gasteiger partial charge in [-0.05, 0) is 36.8 Å². The zero-order chi connectivity index (χ0) is 14.6. The predicted octanol–water partition coefficient (Wildman–Crippen LogP) is 3.46. The third-order valence-electron chi connectivity index (χ3n) is 4.22. The molecule has 2 rings (SSSR count). The van der Waals surface area contributed by atoms with Crippen molar-refractivity contribution in [1.29, 1.82) is 0 Å². The molecule has 0 unspecified atom stereocenters. The van der Waals surface area contributed by atoms with E-state index in [4.69, 9.17) is 11.6 Å². The second-order valence-corrected chi connectivity index (χ2v) is 7.79. The molecule has 1 fully saturated rings. The Morgan fingerprint density at radius 2 is 1.85 bits per heavy atom. The molecule has 0 radical (unpaired) electrons. The van der Waals surface area contributed by atoms with E-state index in [0.717, 1.165) is 31.2 Å². The molecular weight excluding hydrogens is 294 g/mol. The van der Waals surface area contributed by atoms with Crippen LogP contribution in [0.4, 0.5) is 0 Å². The van der Waals surface area contributed by atoms with Crippen molar-refractivity contribution in [2.75, 3.05) is 12.4 Å². The number of hydrogen-bond donors (Lipinski definition) is 1. The quantitative estimate of drug-likeness (QED) is 0.846. The van der Waals surface area contributed by atoms with Crippen LogP contribution in [-0.2, 0) is 10.0 Å². The van der Waals surface area contributed by atoms with E-state index in [1.54, 1.807) is 12.1 Å². The third kappa shape index (κ3) is 3.54. The summed E-state index contributed by atoms with van der Waals surface area (Å²) in [6.45, 7) is 2.25. The molecule has 0 spiro atoms. The maximum Gasteiger partial charge on any atom is 0.240 e. The fourth-order valence-electron chi connectivity index (χ4n) is 2.84. The van der Waals surface area contributed by atoms with Crippen molar-refractivity contribution >= 4 is 21.6 Å². The number of benzene rings is 1. The lowest BCUT2D eigenvalue weighted by Crippen LogP contribution is -2.40. The Morgan fingerprint density at radius 3 is 2.45 bits per heavy atom. The summed E-state index contributed by atoms with van der Waals surface area (Å²) in [7, 11) is -3.45. The van der Waals surface area contributed by atoms with Crippen LogP contribution in [0.25, 0.3) is 0 Å². The summed E-state index contributed by atoms with van der Waals surface area (Å²) in [5.41, 5.74) is 0.693. The van der Waals surface area contributed by atoms with Crippen molar-refractivity contribution in [2.24, 2.45) is 5.41 Å². The monoisotopic (exact) mass is 315 g/mol. The summed E-state index contributed by atoms with van der Waals surface area (Å²) >= 11 is 6.11. The number of sulfonamides is 1. The second-order valence-electron chi connectivity index (χ2n) is 5.78. The molecule has 1 aromatic carbocycles. The topological polar surface area (TPSA) is 46.2 Å². The van der Waals surface area contributed by atoms with Crippen LogP contribution in [0.15, 0.2) is 29.2 Å². The minimum absolute atomic E-state index is 0.0738. The summed E-state index contributed by atoms with van der Waals surface area (Å²) in [4.78, 5) is 0.362. The largest absolute Gasteiger partial charge is 0.240 e. The highest BCUT2D eigenvalue weighted by atomic mass is 35.5. The third-order valence-corrected chi connectivity index (χ3v) is 6.35. The number of alkyl halides is 1. The van der Waals surface area contributed by atoms with Crippen LogP contribution in [0, 0.1) is 12.3 Å². The lowest BCUT2D eigenvalue weighted by atomic mass is 9.76. The first-order valence-electron chi connectivity index (χ1n) is 7.10. The molecule has 0 aromatic heterocycles. The lowest BCUT2D eigenvalue weighted by molar-refractivity contribution is 0.223. The van der Waals surface area contributed by atoms with Gasteiger partial charge in [0.05, 0.1) is 4.90 Å². The van der Waals surface area contributed by atoms with Gasteiger partial charge in [0.1, 0.15) is 0 Å². The summed E-state index contributed by atoms with van der Waals surface area (Å²) in [5, 5.41) is 0. The summed E-state index contributed by atoms with van der Waals surface area (Å²) in [5.74, 6) is 0.517. The maximum atomic E-state index is 12.4. The molecule has 20 heavy (non-hydrogen) atoms. The SMILES string of the molecule is Cc1ccccc1S(=O)(=O)NCC1(CCl)CCCCC1. The molecule has 1 N–H and O–H groups in total. The summed E-state index contributed by atoms with van der Waals surface area (Å²) in [6, 6.07) is 7.05. The van der Waals surface area contributed by atoms with Crippen LogP contribution in [0.5, 0.6) is 0 Å². The fraction of sp³-hybridized carbons (Fsp3) is 0.600. The van der Waals surface area contributed by atoms with Crippen molar-refractivity contribution in [3.63, 3.8) is 0 Å². The van der Waals surface area contributed by atoms with Crippen molar-refractivity contribution in [1.82, 2.24) is 4.72 Å². The normalized spacial score (nSPS) is 18.9. The minimum Gasteiger partial charge on any atom is -0.211 e. The number of rotatable bonds is 5. The van der Waals surface area contributed by atoms with Crippen LogP contribution in [-0.4, -0.2) is 20.8 Å². The lowest BCUT2D eigenvalue weighted by Gasteiger charge is -2.35.